The van der Waals surface area contributed by atoms with Gasteiger partial charge in [0.05, 0.1) is 25.7 Å². The number of nitrogens with zero attached hydrogens (tertiary/aromatic N) is 1. The van der Waals surface area contributed by atoms with Crippen molar-refractivity contribution in [1.82, 2.24) is 10.2 Å². The Morgan fingerprint density at radius 3 is 2.71 bits per heavy atom. The van der Waals surface area contributed by atoms with Crippen LogP contribution in [0.5, 0.6) is 0 Å². The van der Waals surface area contributed by atoms with E-state index in [-0.39, 0.29) is 25.1 Å². The van der Waals surface area contributed by atoms with Crippen molar-refractivity contribution in [1.29, 1.82) is 0 Å². The monoisotopic (exact) mass is 244 g/mol. The van der Waals surface area contributed by atoms with Crippen molar-refractivity contribution >= 4 is 11.9 Å². The highest BCUT2D eigenvalue weighted by atomic mass is 16.5. The third-order valence-electron chi connectivity index (χ3n) is 2.97. The summed E-state index contributed by atoms with van der Waals surface area (Å²) >= 11 is 0. The number of hydrogen-bond donors (Lipinski definition) is 2. The number of aliphatic carboxylic acids is 1. The average molecular weight is 244 g/mol. The van der Waals surface area contributed by atoms with Crippen LogP contribution < -0.4 is 5.32 Å². The molecule has 1 amide bonds. The fraction of sp³-hybridized carbons (Fsp3) is 0.818. The van der Waals surface area contributed by atoms with Gasteiger partial charge in [-0.05, 0) is 13.0 Å². The molecule has 2 unspecified atom stereocenters. The van der Waals surface area contributed by atoms with Crippen LogP contribution in [0.2, 0.25) is 0 Å². The maximum Gasteiger partial charge on any atom is 0.310 e. The molecule has 0 aromatic carbocycles. The summed E-state index contributed by atoms with van der Waals surface area (Å²) in [5, 5.41) is 11.6. The van der Waals surface area contributed by atoms with E-state index in [1.54, 1.807) is 7.05 Å². The van der Waals surface area contributed by atoms with E-state index in [1.165, 1.54) is 0 Å². The molecule has 0 radical (unpaired) electrons. The highest BCUT2D eigenvalue weighted by molar-refractivity contribution is 5.78. The quantitative estimate of drug-likeness (QED) is 0.661. The first-order valence-corrected chi connectivity index (χ1v) is 5.85. The largest absolute Gasteiger partial charge is 0.481 e. The molecule has 0 bridgehead atoms. The molecule has 6 nitrogen and oxygen atoms in total. The number of nitrogens with one attached hydrogen (secondary N) is 1. The van der Waals surface area contributed by atoms with E-state index in [0.29, 0.717) is 13.2 Å². The normalized spacial score (nSPS) is 23.9. The third kappa shape index (κ3) is 3.67. The van der Waals surface area contributed by atoms with Crippen LogP contribution in [0.25, 0.3) is 0 Å². The Morgan fingerprint density at radius 2 is 2.18 bits per heavy atom. The molecule has 1 aliphatic rings. The molecular formula is C11H20N2O4. The zero-order valence-corrected chi connectivity index (χ0v) is 10.3. The molecule has 1 fully saturated rings. The fourth-order valence-electron chi connectivity index (χ4n) is 2.05. The van der Waals surface area contributed by atoms with Gasteiger partial charge in [0.25, 0.3) is 0 Å². The standard InChI is InChI=1S/C11H20N2O4/c1-3-4-13(5-10(14)12-2)9-7-17-6-8(9)11(15)16/h8-9H,3-7H2,1-2H3,(H,12,14)(H,15,16). The van der Waals surface area contributed by atoms with Gasteiger partial charge in [0.2, 0.25) is 5.91 Å². The van der Waals surface area contributed by atoms with Crippen molar-refractivity contribution in [3.05, 3.63) is 0 Å². The zero-order valence-electron chi connectivity index (χ0n) is 10.3. The molecule has 2 atom stereocenters. The first-order chi connectivity index (χ1) is 8.10. The van der Waals surface area contributed by atoms with E-state index >= 15 is 0 Å². The summed E-state index contributed by atoms with van der Waals surface area (Å²) in [5.74, 6) is -1.49. The lowest BCUT2D eigenvalue weighted by Crippen LogP contribution is -2.47. The van der Waals surface area contributed by atoms with Gasteiger partial charge in [-0.2, -0.15) is 0 Å². The highest BCUT2D eigenvalue weighted by Crippen LogP contribution is 2.20. The predicted molar refractivity (Wildman–Crippen MR) is 61.7 cm³/mol. The van der Waals surface area contributed by atoms with E-state index in [9.17, 15) is 9.59 Å². The smallest absolute Gasteiger partial charge is 0.310 e. The van der Waals surface area contributed by atoms with Crippen LogP contribution in [0.4, 0.5) is 0 Å². The number of carboxylic acid groups (broad SMARTS) is 1. The molecule has 1 aliphatic heterocycles. The van der Waals surface area contributed by atoms with Crippen LogP contribution in [0.15, 0.2) is 0 Å². The molecule has 1 rings (SSSR count). The molecule has 0 spiro atoms. The maximum absolute atomic E-state index is 11.4. The van der Waals surface area contributed by atoms with Crippen LogP contribution in [0, 0.1) is 5.92 Å². The number of carboxylic acids is 1. The van der Waals surface area contributed by atoms with Gasteiger partial charge in [0.15, 0.2) is 0 Å². The molecule has 1 saturated heterocycles. The Balaban J connectivity index is 2.68. The second-order valence-corrected chi connectivity index (χ2v) is 4.19. The van der Waals surface area contributed by atoms with Gasteiger partial charge in [-0.3, -0.25) is 14.5 Å². The van der Waals surface area contributed by atoms with Gasteiger partial charge in [-0.15, -0.1) is 0 Å². The third-order valence-corrected chi connectivity index (χ3v) is 2.97. The number of carbonyl (C=O) groups excluding carboxylic acids is 1. The van der Waals surface area contributed by atoms with Gasteiger partial charge in [-0.25, -0.2) is 0 Å². The second kappa shape index (κ2) is 6.56. The van der Waals surface area contributed by atoms with E-state index in [2.05, 4.69) is 5.32 Å². The topological polar surface area (TPSA) is 78.9 Å². The summed E-state index contributed by atoms with van der Waals surface area (Å²) in [6, 6.07) is -0.204. The van der Waals surface area contributed by atoms with Crippen LogP contribution in [0.3, 0.4) is 0 Å². The van der Waals surface area contributed by atoms with Crippen molar-refractivity contribution in [3.8, 4) is 0 Å². The van der Waals surface area contributed by atoms with E-state index < -0.39 is 11.9 Å². The lowest BCUT2D eigenvalue weighted by atomic mass is 10.0. The highest BCUT2D eigenvalue weighted by Gasteiger charge is 2.38. The molecular weight excluding hydrogens is 224 g/mol. The predicted octanol–water partition coefficient (Wildman–Crippen LogP) is -0.456. The molecule has 6 heteroatoms. The summed E-state index contributed by atoms with van der Waals surface area (Å²) in [6.45, 7) is 3.54. The summed E-state index contributed by atoms with van der Waals surface area (Å²) in [6.07, 6.45) is 0.875. The Bertz CT molecular complexity index is 283. The van der Waals surface area contributed by atoms with E-state index in [0.717, 1.165) is 6.42 Å². The zero-order chi connectivity index (χ0) is 12.8. The molecule has 0 aromatic heterocycles. The number of amides is 1. The van der Waals surface area contributed by atoms with Crippen LogP contribution >= 0.6 is 0 Å². The number of ether oxygens (including phenoxy) is 1. The molecule has 0 aromatic rings. The van der Waals surface area contributed by atoms with E-state index in [4.69, 9.17) is 9.84 Å². The molecule has 0 saturated carbocycles. The summed E-state index contributed by atoms with van der Waals surface area (Å²) in [5.41, 5.74) is 0. The van der Waals surface area contributed by atoms with Crippen molar-refractivity contribution in [2.45, 2.75) is 19.4 Å². The lowest BCUT2D eigenvalue weighted by Gasteiger charge is -2.29. The maximum atomic E-state index is 11.4. The Hall–Kier alpha value is -1.14. The Kier molecular flexibility index (Phi) is 5.37. The van der Waals surface area contributed by atoms with Crippen LogP contribution in [-0.2, 0) is 14.3 Å². The molecule has 98 valence electrons. The molecule has 0 aliphatic carbocycles. The van der Waals surface area contributed by atoms with Crippen molar-refractivity contribution < 1.29 is 19.4 Å². The van der Waals surface area contributed by atoms with Gasteiger partial charge >= 0.3 is 5.97 Å². The lowest BCUT2D eigenvalue weighted by molar-refractivity contribution is -0.143. The molecule has 17 heavy (non-hydrogen) atoms. The van der Waals surface area contributed by atoms with Crippen molar-refractivity contribution in [2.75, 3.05) is 33.4 Å². The van der Waals surface area contributed by atoms with Crippen LogP contribution in [0.1, 0.15) is 13.3 Å². The summed E-state index contributed by atoms with van der Waals surface area (Å²) < 4.78 is 5.22. The minimum absolute atomic E-state index is 0.102. The van der Waals surface area contributed by atoms with Gasteiger partial charge < -0.3 is 15.2 Å². The number of likely N-dealkylation sites (N-methyl/N-ethyl adjacent to an activating group) is 1. The SMILES string of the molecule is CCCN(CC(=O)NC)C1COCC1C(=O)O. The number of rotatable bonds is 6. The van der Waals surface area contributed by atoms with Gasteiger partial charge in [0, 0.05) is 13.1 Å². The summed E-state index contributed by atoms with van der Waals surface area (Å²) in [4.78, 5) is 24.4. The first kappa shape index (κ1) is 13.9. The minimum Gasteiger partial charge on any atom is -0.481 e. The second-order valence-electron chi connectivity index (χ2n) is 4.19. The number of hydrogen-bond acceptors (Lipinski definition) is 4. The van der Waals surface area contributed by atoms with Crippen molar-refractivity contribution in [3.63, 3.8) is 0 Å². The van der Waals surface area contributed by atoms with E-state index in [1.807, 2.05) is 11.8 Å². The molecule has 2 N–H and O–H groups in total. The fourth-order valence-corrected chi connectivity index (χ4v) is 2.05. The first-order valence-electron chi connectivity index (χ1n) is 5.85. The Morgan fingerprint density at radius 1 is 1.47 bits per heavy atom. The average Bonchev–Trinajstić information content (AvgIpc) is 2.77. The molecule has 1 heterocycles. The number of carbonyl (C=O) groups is 2. The van der Waals surface area contributed by atoms with Crippen molar-refractivity contribution in [2.24, 2.45) is 5.92 Å². The minimum atomic E-state index is -0.856. The van der Waals surface area contributed by atoms with Crippen LogP contribution in [-0.4, -0.2) is 61.3 Å². The van der Waals surface area contributed by atoms with Gasteiger partial charge in [-0.1, -0.05) is 6.92 Å². The summed E-state index contributed by atoms with van der Waals surface area (Å²) in [7, 11) is 1.58. The Labute approximate surface area is 101 Å². The van der Waals surface area contributed by atoms with Gasteiger partial charge in [0.1, 0.15) is 0 Å².